The van der Waals surface area contributed by atoms with Gasteiger partial charge in [-0.05, 0) is 62.3 Å². The first-order valence-corrected chi connectivity index (χ1v) is 12.9. The van der Waals surface area contributed by atoms with Crippen LogP contribution in [-0.4, -0.2) is 75.0 Å². The topological polar surface area (TPSA) is 119 Å². The van der Waals surface area contributed by atoms with E-state index >= 15 is 0 Å². The molecule has 1 aromatic carbocycles. The molecular formula is C24H32N4O5S. The van der Waals surface area contributed by atoms with Crippen molar-refractivity contribution in [3.05, 3.63) is 35.4 Å². The van der Waals surface area contributed by atoms with E-state index < -0.39 is 30.1 Å². The van der Waals surface area contributed by atoms with E-state index in [1.54, 1.807) is 16.7 Å². The fourth-order valence-electron chi connectivity index (χ4n) is 5.06. The molecule has 2 heterocycles. The van der Waals surface area contributed by atoms with Crippen LogP contribution in [0.2, 0.25) is 0 Å². The predicted molar refractivity (Wildman–Crippen MR) is 128 cm³/mol. The maximum Gasteiger partial charge on any atom is 0.407 e. The van der Waals surface area contributed by atoms with Gasteiger partial charge in [-0.25, -0.2) is 4.79 Å². The minimum atomic E-state index is -1.22. The summed E-state index contributed by atoms with van der Waals surface area (Å²) < 4.78 is 0. The van der Waals surface area contributed by atoms with Crippen LogP contribution >= 0.6 is 11.8 Å². The molecule has 0 bridgehead atoms. The van der Waals surface area contributed by atoms with Gasteiger partial charge in [0, 0.05) is 7.05 Å². The number of hydrogen-bond acceptors (Lipinski definition) is 5. The number of carbonyl (C=O) groups excluding carboxylic acids is 3. The van der Waals surface area contributed by atoms with E-state index in [1.807, 2.05) is 12.1 Å². The van der Waals surface area contributed by atoms with Crippen molar-refractivity contribution in [1.29, 1.82) is 0 Å². The van der Waals surface area contributed by atoms with Crippen molar-refractivity contribution in [2.45, 2.75) is 75.0 Å². The van der Waals surface area contributed by atoms with Crippen LogP contribution in [0, 0.1) is 0 Å². The van der Waals surface area contributed by atoms with Crippen molar-refractivity contribution >= 4 is 35.6 Å². The van der Waals surface area contributed by atoms with E-state index in [9.17, 15) is 19.2 Å². The highest BCUT2D eigenvalue weighted by molar-refractivity contribution is 7.99. The second-order valence-corrected chi connectivity index (χ2v) is 10.5. The molecule has 5 atom stereocenters. The van der Waals surface area contributed by atoms with Crippen LogP contribution in [0.15, 0.2) is 24.3 Å². The maximum atomic E-state index is 13.5. The van der Waals surface area contributed by atoms with E-state index in [-0.39, 0.29) is 23.2 Å². The number of rotatable bonds is 5. The average Bonchev–Trinajstić information content (AvgIpc) is 3.19. The lowest BCUT2D eigenvalue weighted by atomic mass is 9.87. The molecule has 4 amide bonds. The number of thioether (sulfide) groups is 1. The Balaban J connectivity index is 1.46. The molecule has 1 aliphatic carbocycles. The van der Waals surface area contributed by atoms with Gasteiger partial charge in [0.25, 0.3) is 0 Å². The summed E-state index contributed by atoms with van der Waals surface area (Å²) in [6.45, 7) is 1.48. The third-order valence-electron chi connectivity index (χ3n) is 7.17. The second kappa shape index (κ2) is 10.2. The van der Waals surface area contributed by atoms with Gasteiger partial charge < -0.3 is 20.6 Å². The average molecular weight is 489 g/mol. The fourth-order valence-corrected chi connectivity index (χ4v) is 6.42. The van der Waals surface area contributed by atoms with E-state index in [0.717, 1.165) is 36.1 Å². The number of carbonyl (C=O) groups is 4. The Hall–Kier alpha value is -2.75. The van der Waals surface area contributed by atoms with Crippen molar-refractivity contribution in [2.24, 2.45) is 0 Å². The molecule has 2 saturated heterocycles. The first-order chi connectivity index (χ1) is 16.3. The van der Waals surface area contributed by atoms with Gasteiger partial charge in [-0.3, -0.25) is 19.3 Å². The molecule has 34 heavy (non-hydrogen) atoms. The molecule has 2 fully saturated rings. The van der Waals surface area contributed by atoms with Crippen LogP contribution in [0.3, 0.4) is 0 Å². The molecule has 0 spiro atoms. The zero-order valence-electron chi connectivity index (χ0n) is 19.5. The van der Waals surface area contributed by atoms with Crippen LogP contribution in [0.5, 0.6) is 0 Å². The van der Waals surface area contributed by atoms with Gasteiger partial charge >= 0.3 is 6.09 Å². The molecule has 0 saturated carbocycles. The number of nitrogens with one attached hydrogen (secondary N) is 2. The normalized spacial score (nSPS) is 27.1. The second-order valence-electron chi connectivity index (χ2n) is 9.24. The molecule has 2 aliphatic heterocycles. The van der Waals surface area contributed by atoms with Crippen LogP contribution in [-0.2, 0) is 20.8 Å². The molecule has 9 nitrogen and oxygen atoms in total. The summed E-state index contributed by atoms with van der Waals surface area (Å²) in [5, 5.41) is 15.0. The number of likely N-dealkylation sites (N-methyl/N-ethyl adjacent to an activating group) is 1. The summed E-state index contributed by atoms with van der Waals surface area (Å²) in [6.07, 6.45) is 3.42. The molecule has 4 rings (SSSR count). The number of benzene rings is 1. The number of hydrogen-bond donors (Lipinski definition) is 3. The Kier molecular flexibility index (Phi) is 7.35. The molecule has 3 aliphatic rings. The minimum absolute atomic E-state index is 0.0610. The molecule has 1 aromatic rings. The smallest absolute Gasteiger partial charge is 0.407 e. The molecular weight excluding hydrogens is 456 g/mol. The molecule has 3 N–H and O–H groups in total. The summed E-state index contributed by atoms with van der Waals surface area (Å²) in [7, 11) is 1.32. The summed E-state index contributed by atoms with van der Waals surface area (Å²) >= 11 is 1.63. The summed E-state index contributed by atoms with van der Waals surface area (Å²) in [5.41, 5.74) is 2.41. The first-order valence-electron chi connectivity index (χ1n) is 11.9. The lowest BCUT2D eigenvalue weighted by Gasteiger charge is -2.33. The number of amides is 4. The van der Waals surface area contributed by atoms with Gasteiger partial charge in [-0.2, -0.15) is 0 Å². The van der Waals surface area contributed by atoms with E-state index in [0.29, 0.717) is 18.6 Å². The van der Waals surface area contributed by atoms with Crippen molar-refractivity contribution in [2.75, 3.05) is 12.8 Å². The Morgan fingerprint density at radius 3 is 2.65 bits per heavy atom. The minimum Gasteiger partial charge on any atom is -0.465 e. The number of nitrogens with zero attached hydrogens (tertiary/aromatic N) is 2. The summed E-state index contributed by atoms with van der Waals surface area (Å²) in [4.78, 5) is 53.2. The highest BCUT2D eigenvalue weighted by Gasteiger charge is 2.46. The Morgan fingerprint density at radius 1 is 1.12 bits per heavy atom. The van der Waals surface area contributed by atoms with E-state index in [4.69, 9.17) is 5.11 Å². The third kappa shape index (κ3) is 4.87. The Bertz CT molecular complexity index is 972. The largest absolute Gasteiger partial charge is 0.465 e. The third-order valence-corrected chi connectivity index (χ3v) is 8.49. The number of aryl methyl sites for hydroxylation is 1. The van der Waals surface area contributed by atoms with Gasteiger partial charge in [0.2, 0.25) is 17.7 Å². The maximum absolute atomic E-state index is 13.5. The molecule has 0 radical (unpaired) electrons. The van der Waals surface area contributed by atoms with Crippen LogP contribution < -0.4 is 10.6 Å². The standard InChI is InChI=1S/C24H32N4O5S/c1-14(27(2)24(32)33)21(29)26-18-12-13-34-20-11-10-19(28(20)23(18)31)22(30)25-17-9-5-7-15-6-3-4-8-16(15)17/h3-4,6,8,14,17-20H,5,7,9-13H2,1-2H3,(H,25,30)(H,26,29)(H,32,33)/t14-,17+,18-,19?,20-/m0/s1. The lowest BCUT2D eigenvalue weighted by Crippen LogP contribution is -2.56. The van der Waals surface area contributed by atoms with Crippen LogP contribution in [0.4, 0.5) is 4.79 Å². The molecule has 184 valence electrons. The number of carboxylic acid groups (broad SMARTS) is 1. The van der Waals surface area contributed by atoms with Gasteiger partial charge in [-0.15, -0.1) is 11.8 Å². The molecule has 1 unspecified atom stereocenters. The van der Waals surface area contributed by atoms with Gasteiger partial charge in [0.05, 0.1) is 11.4 Å². The van der Waals surface area contributed by atoms with Gasteiger partial charge in [0.1, 0.15) is 18.1 Å². The quantitative estimate of drug-likeness (QED) is 0.584. The highest BCUT2D eigenvalue weighted by Crippen LogP contribution is 2.37. The van der Waals surface area contributed by atoms with Gasteiger partial charge in [0.15, 0.2) is 0 Å². The first kappa shape index (κ1) is 24.4. The van der Waals surface area contributed by atoms with Crippen molar-refractivity contribution in [3.8, 4) is 0 Å². The highest BCUT2D eigenvalue weighted by atomic mass is 32.2. The monoisotopic (exact) mass is 488 g/mol. The molecule has 10 heteroatoms. The Morgan fingerprint density at radius 2 is 1.88 bits per heavy atom. The number of fused-ring (bicyclic) bond motifs is 2. The van der Waals surface area contributed by atoms with Crippen molar-refractivity contribution in [1.82, 2.24) is 20.4 Å². The fraction of sp³-hybridized carbons (Fsp3) is 0.583. The van der Waals surface area contributed by atoms with Crippen LogP contribution in [0.1, 0.15) is 56.2 Å². The Labute approximate surface area is 203 Å². The predicted octanol–water partition coefficient (Wildman–Crippen LogP) is 2.12. The van der Waals surface area contributed by atoms with Gasteiger partial charge in [-0.1, -0.05) is 24.3 Å². The molecule has 0 aromatic heterocycles. The van der Waals surface area contributed by atoms with Crippen LogP contribution in [0.25, 0.3) is 0 Å². The summed E-state index contributed by atoms with van der Waals surface area (Å²) in [5.74, 6) is -0.268. The SMILES string of the molecule is C[C@@H](C(=O)N[C@H]1CCS[C@H]2CCC(C(=O)N[C@@H]3CCCc4ccccc43)N2C1=O)N(C)C(=O)O. The van der Waals surface area contributed by atoms with E-state index in [2.05, 4.69) is 22.8 Å². The van der Waals surface area contributed by atoms with Crippen molar-refractivity contribution < 1.29 is 24.3 Å². The zero-order chi connectivity index (χ0) is 24.4. The lowest BCUT2D eigenvalue weighted by molar-refractivity contribution is -0.142. The van der Waals surface area contributed by atoms with Crippen molar-refractivity contribution in [3.63, 3.8) is 0 Å². The van der Waals surface area contributed by atoms with E-state index in [1.165, 1.54) is 19.5 Å². The zero-order valence-corrected chi connectivity index (χ0v) is 20.3. The summed E-state index contributed by atoms with van der Waals surface area (Å²) in [6, 6.07) is 5.82.